The predicted octanol–water partition coefficient (Wildman–Crippen LogP) is 5.45. The summed E-state index contributed by atoms with van der Waals surface area (Å²) >= 11 is 0. The van der Waals surface area contributed by atoms with Gasteiger partial charge in [0.05, 0.1) is 18.0 Å². The van der Waals surface area contributed by atoms with E-state index in [-0.39, 0.29) is 0 Å². The Morgan fingerprint density at radius 2 is 1.55 bits per heavy atom. The number of allylic oxidation sites excluding steroid dienone is 1. The minimum atomic E-state index is 0.705. The predicted molar refractivity (Wildman–Crippen MR) is 82.0 cm³/mol. The molecule has 0 fully saturated rings. The molecule has 2 aromatic rings. The SMILES string of the molecule is C=CCCCOc1ccc(/N=N/c2ccccc2)cc1. The van der Waals surface area contributed by atoms with Crippen LogP contribution >= 0.6 is 0 Å². The summed E-state index contributed by atoms with van der Waals surface area (Å²) in [5.41, 5.74) is 1.66. The largest absolute Gasteiger partial charge is 0.494 e. The smallest absolute Gasteiger partial charge is 0.119 e. The van der Waals surface area contributed by atoms with Gasteiger partial charge in [-0.1, -0.05) is 24.3 Å². The minimum Gasteiger partial charge on any atom is -0.494 e. The molecule has 20 heavy (non-hydrogen) atoms. The molecule has 2 rings (SSSR count). The van der Waals surface area contributed by atoms with Crippen LogP contribution < -0.4 is 4.74 Å². The second kappa shape index (κ2) is 7.89. The number of hydrogen-bond donors (Lipinski definition) is 0. The van der Waals surface area contributed by atoms with E-state index in [9.17, 15) is 0 Å². The third-order valence-electron chi connectivity index (χ3n) is 2.70. The van der Waals surface area contributed by atoms with Crippen LogP contribution in [0.25, 0.3) is 0 Å². The van der Waals surface area contributed by atoms with Crippen LogP contribution in [0.1, 0.15) is 12.8 Å². The van der Waals surface area contributed by atoms with Crippen molar-refractivity contribution >= 4 is 11.4 Å². The van der Waals surface area contributed by atoms with Gasteiger partial charge in [-0.2, -0.15) is 10.2 Å². The zero-order valence-corrected chi connectivity index (χ0v) is 11.4. The fourth-order valence-electron chi connectivity index (χ4n) is 1.64. The number of nitrogens with zero attached hydrogens (tertiary/aromatic N) is 2. The van der Waals surface area contributed by atoms with Crippen molar-refractivity contribution in [1.82, 2.24) is 0 Å². The van der Waals surface area contributed by atoms with Gasteiger partial charge in [0.25, 0.3) is 0 Å². The van der Waals surface area contributed by atoms with Crippen LogP contribution in [0.15, 0.2) is 77.5 Å². The van der Waals surface area contributed by atoms with Gasteiger partial charge in [-0.15, -0.1) is 6.58 Å². The number of rotatable bonds is 7. The summed E-state index contributed by atoms with van der Waals surface area (Å²) in [5, 5.41) is 8.35. The van der Waals surface area contributed by atoms with E-state index in [0.717, 1.165) is 30.0 Å². The Morgan fingerprint density at radius 1 is 0.900 bits per heavy atom. The summed E-state index contributed by atoms with van der Waals surface area (Å²) in [5.74, 6) is 0.854. The molecule has 0 aliphatic carbocycles. The second-order valence-electron chi connectivity index (χ2n) is 4.31. The Balaban J connectivity index is 1.88. The Labute approximate surface area is 119 Å². The zero-order chi connectivity index (χ0) is 14.0. The number of azo groups is 1. The van der Waals surface area contributed by atoms with E-state index in [1.807, 2.05) is 60.7 Å². The number of ether oxygens (including phenoxy) is 1. The molecule has 0 amide bonds. The zero-order valence-electron chi connectivity index (χ0n) is 11.4. The van der Waals surface area contributed by atoms with Gasteiger partial charge in [0.1, 0.15) is 5.75 Å². The fraction of sp³-hybridized carbons (Fsp3) is 0.176. The van der Waals surface area contributed by atoms with Crippen molar-refractivity contribution in [2.45, 2.75) is 12.8 Å². The van der Waals surface area contributed by atoms with Gasteiger partial charge in [-0.3, -0.25) is 0 Å². The van der Waals surface area contributed by atoms with Crippen molar-refractivity contribution in [1.29, 1.82) is 0 Å². The van der Waals surface area contributed by atoms with Gasteiger partial charge in [-0.05, 0) is 49.2 Å². The van der Waals surface area contributed by atoms with E-state index in [1.165, 1.54) is 0 Å². The summed E-state index contributed by atoms with van der Waals surface area (Å²) in [7, 11) is 0. The highest BCUT2D eigenvalue weighted by atomic mass is 16.5. The lowest BCUT2D eigenvalue weighted by molar-refractivity contribution is 0.312. The molecule has 0 aromatic heterocycles. The van der Waals surface area contributed by atoms with Gasteiger partial charge in [-0.25, -0.2) is 0 Å². The Kier molecular flexibility index (Phi) is 5.53. The van der Waals surface area contributed by atoms with Gasteiger partial charge < -0.3 is 4.74 Å². The fourth-order valence-corrected chi connectivity index (χ4v) is 1.64. The van der Waals surface area contributed by atoms with Crippen molar-refractivity contribution < 1.29 is 4.74 Å². The van der Waals surface area contributed by atoms with Gasteiger partial charge in [0.2, 0.25) is 0 Å². The van der Waals surface area contributed by atoms with Crippen LogP contribution in [0.2, 0.25) is 0 Å². The molecule has 0 spiro atoms. The average molecular weight is 266 g/mol. The van der Waals surface area contributed by atoms with Crippen LogP contribution in [0.5, 0.6) is 5.75 Å². The Bertz CT molecular complexity index is 547. The maximum atomic E-state index is 5.61. The normalized spacial score (nSPS) is 10.6. The average Bonchev–Trinajstić information content (AvgIpc) is 2.52. The molecule has 0 aliphatic rings. The first-order chi connectivity index (χ1) is 9.88. The summed E-state index contributed by atoms with van der Waals surface area (Å²) in [6.45, 7) is 4.39. The molecule has 3 nitrogen and oxygen atoms in total. The van der Waals surface area contributed by atoms with Crippen LogP contribution in [-0.4, -0.2) is 6.61 Å². The van der Waals surface area contributed by atoms with Crippen molar-refractivity contribution in [2.75, 3.05) is 6.61 Å². The second-order valence-corrected chi connectivity index (χ2v) is 4.31. The van der Waals surface area contributed by atoms with Crippen molar-refractivity contribution in [2.24, 2.45) is 10.2 Å². The van der Waals surface area contributed by atoms with Crippen LogP contribution in [0, 0.1) is 0 Å². The molecule has 0 heterocycles. The summed E-state index contributed by atoms with van der Waals surface area (Å²) in [6.07, 6.45) is 3.86. The minimum absolute atomic E-state index is 0.705. The van der Waals surface area contributed by atoms with Crippen molar-refractivity contribution in [3.05, 3.63) is 67.3 Å². The molecule has 0 aliphatic heterocycles. The highest BCUT2D eigenvalue weighted by Gasteiger charge is 1.94. The maximum Gasteiger partial charge on any atom is 0.119 e. The number of unbranched alkanes of at least 4 members (excludes halogenated alkanes) is 1. The number of benzene rings is 2. The standard InChI is InChI=1S/C17H18N2O/c1-2-3-7-14-20-17-12-10-16(11-13-17)19-18-15-8-5-4-6-9-15/h2,4-6,8-13H,1,3,7,14H2/b19-18+. The maximum absolute atomic E-state index is 5.61. The van der Waals surface area contributed by atoms with Crippen molar-refractivity contribution in [3.63, 3.8) is 0 Å². The molecule has 0 saturated carbocycles. The molecule has 3 heteroatoms. The van der Waals surface area contributed by atoms with E-state index in [1.54, 1.807) is 0 Å². The van der Waals surface area contributed by atoms with E-state index >= 15 is 0 Å². The molecule has 0 unspecified atom stereocenters. The van der Waals surface area contributed by atoms with E-state index in [2.05, 4.69) is 16.8 Å². The first-order valence-electron chi connectivity index (χ1n) is 6.69. The highest BCUT2D eigenvalue weighted by Crippen LogP contribution is 2.21. The molecule has 0 radical (unpaired) electrons. The lowest BCUT2D eigenvalue weighted by Gasteiger charge is -2.04. The molecule has 0 bridgehead atoms. The molecular formula is C17H18N2O. The van der Waals surface area contributed by atoms with E-state index < -0.39 is 0 Å². The quantitative estimate of drug-likeness (QED) is 0.373. The first kappa shape index (κ1) is 14.0. The number of hydrogen-bond acceptors (Lipinski definition) is 3. The van der Waals surface area contributed by atoms with E-state index in [4.69, 9.17) is 4.74 Å². The lowest BCUT2D eigenvalue weighted by atomic mass is 10.3. The molecule has 2 aromatic carbocycles. The lowest BCUT2D eigenvalue weighted by Crippen LogP contribution is -1.95. The third-order valence-corrected chi connectivity index (χ3v) is 2.70. The monoisotopic (exact) mass is 266 g/mol. The summed E-state index contributed by atoms with van der Waals surface area (Å²) in [4.78, 5) is 0. The third kappa shape index (κ3) is 4.69. The summed E-state index contributed by atoms with van der Waals surface area (Å²) < 4.78 is 5.61. The van der Waals surface area contributed by atoms with Crippen LogP contribution in [0.3, 0.4) is 0 Å². The van der Waals surface area contributed by atoms with E-state index in [0.29, 0.717) is 6.61 Å². The topological polar surface area (TPSA) is 34.0 Å². The molecule has 0 atom stereocenters. The molecule has 0 N–H and O–H groups in total. The highest BCUT2D eigenvalue weighted by molar-refractivity contribution is 5.42. The van der Waals surface area contributed by atoms with Crippen LogP contribution in [-0.2, 0) is 0 Å². The van der Waals surface area contributed by atoms with Gasteiger partial charge >= 0.3 is 0 Å². The Morgan fingerprint density at radius 3 is 2.20 bits per heavy atom. The molecule has 0 saturated heterocycles. The van der Waals surface area contributed by atoms with Crippen LogP contribution in [0.4, 0.5) is 11.4 Å². The Hall–Kier alpha value is -2.42. The first-order valence-corrected chi connectivity index (χ1v) is 6.69. The summed E-state index contributed by atoms with van der Waals surface area (Å²) in [6, 6.07) is 17.3. The molecular weight excluding hydrogens is 248 g/mol. The molecule has 102 valence electrons. The van der Waals surface area contributed by atoms with Gasteiger partial charge in [0, 0.05) is 0 Å². The van der Waals surface area contributed by atoms with Gasteiger partial charge in [0.15, 0.2) is 0 Å². The van der Waals surface area contributed by atoms with Crippen molar-refractivity contribution in [3.8, 4) is 5.75 Å².